The Hall–Kier alpha value is -3.53. The summed E-state index contributed by atoms with van der Waals surface area (Å²) in [6.07, 6.45) is 0. The molecule has 0 spiro atoms. The van der Waals surface area contributed by atoms with Gasteiger partial charge >= 0.3 is 6.03 Å². The van der Waals surface area contributed by atoms with Gasteiger partial charge in [0.1, 0.15) is 0 Å². The average molecular weight is 309 g/mol. The number of nitrogens with one attached hydrogen (secondary N) is 2. The summed E-state index contributed by atoms with van der Waals surface area (Å²) in [4.78, 5) is 23.9. The number of anilines is 1. The van der Waals surface area contributed by atoms with Crippen LogP contribution in [0.3, 0.4) is 0 Å². The number of amides is 3. The van der Waals surface area contributed by atoms with Gasteiger partial charge in [0.15, 0.2) is 11.5 Å². The quantitative estimate of drug-likeness (QED) is 0.886. The van der Waals surface area contributed by atoms with Crippen LogP contribution in [0.1, 0.15) is 15.9 Å². The molecule has 0 aliphatic carbocycles. The van der Waals surface area contributed by atoms with Gasteiger partial charge in [-0.25, -0.2) is 4.79 Å². The zero-order valence-electron chi connectivity index (χ0n) is 11.8. The second kappa shape index (κ2) is 6.07. The molecule has 23 heavy (non-hydrogen) atoms. The van der Waals surface area contributed by atoms with Gasteiger partial charge in [0.05, 0.1) is 11.6 Å². The van der Waals surface area contributed by atoms with Gasteiger partial charge in [-0.3, -0.25) is 10.1 Å². The van der Waals surface area contributed by atoms with E-state index in [0.717, 1.165) is 0 Å². The number of hydrogen-bond acceptors (Lipinski definition) is 5. The normalized spacial score (nSPS) is 11.4. The molecule has 1 aliphatic rings. The van der Waals surface area contributed by atoms with Gasteiger partial charge in [0, 0.05) is 11.3 Å². The summed E-state index contributed by atoms with van der Waals surface area (Å²) in [5.74, 6) is 0.441. The zero-order valence-corrected chi connectivity index (χ0v) is 11.8. The molecule has 2 N–H and O–H groups in total. The number of urea groups is 1. The van der Waals surface area contributed by atoms with E-state index in [9.17, 15) is 9.59 Å². The van der Waals surface area contributed by atoms with Crippen molar-refractivity contribution in [2.45, 2.75) is 0 Å². The molecule has 0 fully saturated rings. The molecular formula is C16H11N3O4. The van der Waals surface area contributed by atoms with Crippen LogP contribution in [0.2, 0.25) is 0 Å². The van der Waals surface area contributed by atoms with Crippen molar-refractivity contribution < 1.29 is 19.1 Å². The van der Waals surface area contributed by atoms with Crippen LogP contribution in [0.5, 0.6) is 11.5 Å². The number of rotatable bonds is 2. The first-order chi connectivity index (χ1) is 11.2. The van der Waals surface area contributed by atoms with Crippen molar-refractivity contribution in [2.24, 2.45) is 0 Å². The highest BCUT2D eigenvalue weighted by Crippen LogP contribution is 2.32. The lowest BCUT2D eigenvalue weighted by Crippen LogP contribution is -2.34. The summed E-state index contributed by atoms with van der Waals surface area (Å²) in [5, 5.41) is 13.5. The molecular weight excluding hydrogens is 298 g/mol. The molecule has 1 heterocycles. The van der Waals surface area contributed by atoms with Crippen LogP contribution in [0, 0.1) is 11.3 Å². The van der Waals surface area contributed by atoms with Gasteiger partial charge in [0.2, 0.25) is 6.79 Å². The Bertz CT molecular complexity index is 826. The Kier molecular flexibility index (Phi) is 3.80. The van der Waals surface area contributed by atoms with E-state index in [0.29, 0.717) is 22.7 Å². The van der Waals surface area contributed by atoms with Gasteiger partial charge in [-0.2, -0.15) is 5.26 Å². The van der Waals surface area contributed by atoms with E-state index < -0.39 is 11.9 Å². The predicted molar refractivity (Wildman–Crippen MR) is 80.2 cm³/mol. The van der Waals surface area contributed by atoms with Gasteiger partial charge < -0.3 is 14.8 Å². The topological polar surface area (TPSA) is 100 Å². The van der Waals surface area contributed by atoms with Crippen LogP contribution < -0.4 is 20.1 Å². The molecule has 3 amide bonds. The van der Waals surface area contributed by atoms with Crippen molar-refractivity contribution in [1.82, 2.24) is 5.32 Å². The number of carbonyl (C=O) groups excluding carboxylic acids is 2. The maximum absolute atomic E-state index is 12.0. The van der Waals surface area contributed by atoms with Gasteiger partial charge in [-0.05, 0) is 36.4 Å². The fraction of sp³-hybridized carbons (Fsp3) is 0.0625. The van der Waals surface area contributed by atoms with Crippen molar-refractivity contribution in [3.63, 3.8) is 0 Å². The number of nitrogens with zero attached hydrogens (tertiary/aromatic N) is 1. The lowest BCUT2D eigenvalue weighted by atomic mass is 10.2. The van der Waals surface area contributed by atoms with Crippen LogP contribution >= 0.6 is 0 Å². The predicted octanol–water partition coefficient (Wildman–Crippen LogP) is 2.25. The molecule has 3 rings (SSSR count). The minimum atomic E-state index is -0.692. The van der Waals surface area contributed by atoms with E-state index in [2.05, 4.69) is 10.6 Å². The Morgan fingerprint density at radius 1 is 1.09 bits per heavy atom. The molecule has 0 radical (unpaired) electrons. The molecule has 0 atom stereocenters. The molecule has 1 aliphatic heterocycles. The van der Waals surface area contributed by atoms with Crippen molar-refractivity contribution >= 4 is 17.6 Å². The van der Waals surface area contributed by atoms with E-state index in [1.54, 1.807) is 24.3 Å². The Balaban J connectivity index is 1.65. The Morgan fingerprint density at radius 3 is 2.74 bits per heavy atom. The molecule has 0 unspecified atom stereocenters. The molecule has 114 valence electrons. The fourth-order valence-corrected chi connectivity index (χ4v) is 2.04. The number of carbonyl (C=O) groups is 2. The Morgan fingerprint density at radius 2 is 1.91 bits per heavy atom. The number of nitriles is 1. The monoisotopic (exact) mass is 309 g/mol. The molecule has 0 aromatic heterocycles. The van der Waals surface area contributed by atoms with Crippen molar-refractivity contribution in [1.29, 1.82) is 5.26 Å². The van der Waals surface area contributed by atoms with Crippen molar-refractivity contribution in [3.8, 4) is 17.6 Å². The van der Waals surface area contributed by atoms with E-state index in [4.69, 9.17) is 14.7 Å². The average Bonchev–Trinajstić information content (AvgIpc) is 3.02. The third-order valence-corrected chi connectivity index (χ3v) is 3.11. The first-order valence-corrected chi connectivity index (χ1v) is 6.68. The van der Waals surface area contributed by atoms with Crippen LogP contribution in [-0.2, 0) is 0 Å². The summed E-state index contributed by atoms with van der Waals surface area (Å²) in [6, 6.07) is 12.3. The molecule has 0 saturated carbocycles. The molecule has 7 heteroatoms. The van der Waals surface area contributed by atoms with Gasteiger partial charge in [-0.1, -0.05) is 6.07 Å². The van der Waals surface area contributed by atoms with E-state index >= 15 is 0 Å². The first-order valence-electron chi connectivity index (χ1n) is 6.68. The zero-order chi connectivity index (χ0) is 16.2. The number of benzene rings is 2. The van der Waals surface area contributed by atoms with Crippen LogP contribution in [0.15, 0.2) is 42.5 Å². The summed E-state index contributed by atoms with van der Waals surface area (Å²) < 4.78 is 10.3. The lowest BCUT2D eigenvalue weighted by Gasteiger charge is -2.07. The molecule has 0 bridgehead atoms. The van der Waals surface area contributed by atoms with Gasteiger partial charge in [0.25, 0.3) is 5.91 Å². The van der Waals surface area contributed by atoms with Crippen LogP contribution in [-0.4, -0.2) is 18.7 Å². The smallest absolute Gasteiger partial charge is 0.326 e. The number of hydrogen-bond donors (Lipinski definition) is 2. The van der Waals surface area contributed by atoms with Crippen molar-refractivity contribution in [2.75, 3.05) is 12.1 Å². The number of ether oxygens (including phenoxy) is 2. The lowest BCUT2D eigenvalue weighted by molar-refractivity contribution is 0.0966. The Labute approximate surface area is 131 Å². The summed E-state index contributed by atoms with van der Waals surface area (Å²) >= 11 is 0. The standard InChI is InChI=1S/C16H11N3O4/c17-8-10-2-1-3-12(6-10)18-16(21)19-15(20)11-4-5-13-14(7-11)23-9-22-13/h1-7H,9H2,(H2,18,19,20,21). The molecule has 0 saturated heterocycles. The summed E-state index contributed by atoms with van der Waals surface area (Å²) in [6.45, 7) is 0.107. The highest BCUT2D eigenvalue weighted by molar-refractivity contribution is 6.08. The largest absolute Gasteiger partial charge is 0.454 e. The molecule has 2 aromatic rings. The van der Waals surface area contributed by atoms with Gasteiger partial charge in [-0.15, -0.1) is 0 Å². The second-order valence-electron chi connectivity index (χ2n) is 4.67. The third-order valence-electron chi connectivity index (χ3n) is 3.11. The number of fused-ring (bicyclic) bond motifs is 1. The minimum absolute atomic E-state index is 0.107. The third kappa shape index (κ3) is 3.22. The summed E-state index contributed by atoms with van der Waals surface area (Å²) in [7, 11) is 0. The molecule has 7 nitrogen and oxygen atoms in total. The fourth-order valence-electron chi connectivity index (χ4n) is 2.04. The van der Waals surface area contributed by atoms with Crippen molar-refractivity contribution in [3.05, 3.63) is 53.6 Å². The second-order valence-corrected chi connectivity index (χ2v) is 4.67. The highest BCUT2D eigenvalue weighted by Gasteiger charge is 2.17. The maximum Gasteiger partial charge on any atom is 0.326 e. The van der Waals surface area contributed by atoms with E-state index in [1.165, 1.54) is 18.2 Å². The van der Waals surface area contributed by atoms with Crippen LogP contribution in [0.4, 0.5) is 10.5 Å². The van der Waals surface area contributed by atoms with E-state index in [-0.39, 0.29) is 12.4 Å². The van der Waals surface area contributed by atoms with E-state index in [1.807, 2.05) is 6.07 Å². The first kappa shape index (κ1) is 14.4. The number of imide groups is 1. The summed E-state index contributed by atoms with van der Waals surface area (Å²) in [5.41, 5.74) is 1.10. The maximum atomic E-state index is 12.0. The minimum Gasteiger partial charge on any atom is -0.454 e. The van der Waals surface area contributed by atoms with Crippen LogP contribution in [0.25, 0.3) is 0 Å². The molecule has 2 aromatic carbocycles. The SMILES string of the molecule is N#Cc1cccc(NC(=O)NC(=O)c2ccc3c(c2)OCO3)c1. The highest BCUT2D eigenvalue weighted by atomic mass is 16.7.